The van der Waals surface area contributed by atoms with E-state index in [0.29, 0.717) is 11.8 Å². The quantitative estimate of drug-likeness (QED) is 0.508. The summed E-state index contributed by atoms with van der Waals surface area (Å²) in [6.45, 7) is 15.3. The summed E-state index contributed by atoms with van der Waals surface area (Å²) in [4.78, 5) is 0. The number of hydrogen-bond acceptors (Lipinski definition) is 0. The third kappa shape index (κ3) is 2.42. The number of aryl methyl sites for hydroxylation is 1. The maximum absolute atomic E-state index is 4.34. The van der Waals surface area contributed by atoms with Crippen molar-refractivity contribution in [2.24, 2.45) is 11.3 Å². The maximum atomic E-state index is 4.34. The summed E-state index contributed by atoms with van der Waals surface area (Å²) in [6, 6.07) is 8.85. The molecule has 3 unspecified atom stereocenters. The molecule has 25 heavy (non-hydrogen) atoms. The molecule has 0 amide bonds. The predicted octanol–water partition coefficient (Wildman–Crippen LogP) is 7.28. The normalized spacial score (nSPS) is 27.6. The lowest BCUT2D eigenvalue weighted by atomic mass is 9.61. The minimum absolute atomic E-state index is 0.276. The van der Waals surface area contributed by atoms with E-state index >= 15 is 0 Å². The van der Waals surface area contributed by atoms with Crippen LogP contribution in [0.2, 0.25) is 0 Å². The number of rotatable bonds is 2. The number of benzene rings is 2. The van der Waals surface area contributed by atoms with E-state index < -0.39 is 0 Å². The smallest absolute Gasteiger partial charge is 0.00860 e. The molecule has 0 heteroatoms. The molecule has 1 fully saturated rings. The number of hydrogen-bond donors (Lipinski definition) is 0. The zero-order valence-electron chi connectivity index (χ0n) is 15.7. The zero-order chi connectivity index (χ0) is 17.8. The second-order valence-electron chi connectivity index (χ2n) is 8.38. The molecular formula is C25H28. The van der Waals surface area contributed by atoms with E-state index in [1.807, 2.05) is 0 Å². The van der Waals surface area contributed by atoms with Gasteiger partial charge in [-0.2, -0.15) is 0 Å². The minimum Gasteiger partial charge on any atom is -0.103 e. The Balaban J connectivity index is 1.98. The first-order valence-electron chi connectivity index (χ1n) is 9.48. The van der Waals surface area contributed by atoms with Gasteiger partial charge >= 0.3 is 0 Å². The molecule has 0 N–H and O–H groups in total. The lowest BCUT2D eigenvalue weighted by Crippen LogP contribution is -2.30. The van der Waals surface area contributed by atoms with E-state index in [4.69, 9.17) is 0 Å². The largest absolute Gasteiger partial charge is 0.103 e. The third-order valence-corrected chi connectivity index (χ3v) is 6.60. The summed E-state index contributed by atoms with van der Waals surface area (Å²) < 4.78 is 0. The highest BCUT2D eigenvalue weighted by atomic mass is 14.4. The second-order valence-corrected chi connectivity index (χ2v) is 8.38. The van der Waals surface area contributed by atoms with Crippen LogP contribution in [0.15, 0.2) is 49.6 Å². The van der Waals surface area contributed by atoms with Crippen LogP contribution >= 0.6 is 0 Å². The van der Waals surface area contributed by atoms with Gasteiger partial charge in [-0.3, -0.25) is 0 Å². The molecule has 0 bridgehead atoms. The van der Waals surface area contributed by atoms with Crippen molar-refractivity contribution < 1.29 is 0 Å². The Hall–Kier alpha value is -2.08. The standard InChI is InChI=1S/C25H28/c1-6-25(5)14-13-20-18(15-25)11-12-22-21-10-8-7-9-19(21)17(4)23(16(2)3)24(20)22/h6-12,18,20H,1-2,13-15H2,3-5H3. The molecule has 0 heterocycles. The Morgan fingerprint density at radius 3 is 2.64 bits per heavy atom. The fourth-order valence-corrected chi connectivity index (χ4v) is 5.22. The molecule has 0 nitrogen and oxygen atoms in total. The van der Waals surface area contributed by atoms with Gasteiger partial charge in [-0.05, 0) is 83.4 Å². The van der Waals surface area contributed by atoms with Gasteiger partial charge in [0, 0.05) is 0 Å². The predicted molar refractivity (Wildman–Crippen MR) is 111 cm³/mol. The van der Waals surface area contributed by atoms with Crippen LogP contribution < -0.4 is 0 Å². The van der Waals surface area contributed by atoms with E-state index in [2.05, 4.69) is 76.4 Å². The van der Waals surface area contributed by atoms with E-state index in [0.717, 1.165) is 0 Å². The van der Waals surface area contributed by atoms with Crippen LogP contribution in [0.25, 0.3) is 22.4 Å². The highest BCUT2D eigenvalue weighted by Gasteiger charge is 2.39. The van der Waals surface area contributed by atoms with Gasteiger partial charge in [-0.1, -0.05) is 61.6 Å². The summed E-state index contributed by atoms with van der Waals surface area (Å²) in [5.74, 6) is 1.23. The fraction of sp³-hybridized carbons (Fsp3) is 0.360. The van der Waals surface area contributed by atoms with Crippen molar-refractivity contribution in [3.8, 4) is 0 Å². The van der Waals surface area contributed by atoms with Gasteiger partial charge in [0.15, 0.2) is 0 Å². The lowest BCUT2D eigenvalue weighted by Gasteiger charge is -2.43. The van der Waals surface area contributed by atoms with Gasteiger partial charge in [0.2, 0.25) is 0 Å². The minimum atomic E-state index is 0.276. The molecule has 0 radical (unpaired) electrons. The summed E-state index contributed by atoms with van der Waals surface area (Å²) in [6.07, 6.45) is 10.7. The number of allylic oxidation sites excluding steroid dienone is 3. The van der Waals surface area contributed by atoms with Crippen molar-refractivity contribution in [3.63, 3.8) is 0 Å². The molecule has 128 valence electrons. The Morgan fingerprint density at radius 1 is 1.24 bits per heavy atom. The van der Waals surface area contributed by atoms with Gasteiger partial charge in [0.1, 0.15) is 0 Å². The van der Waals surface area contributed by atoms with Crippen molar-refractivity contribution in [2.45, 2.75) is 46.0 Å². The SMILES string of the molecule is C=CC1(C)CCC2c3c(C(=C)C)c(C)c4ccccc4c3C=CC2C1. The molecule has 2 aliphatic carbocycles. The van der Waals surface area contributed by atoms with Crippen molar-refractivity contribution in [2.75, 3.05) is 0 Å². The van der Waals surface area contributed by atoms with Crippen LogP contribution in [-0.4, -0.2) is 0 Å². The van der Waals surface area contributed by atoms with E-state index in [-0.39, 0.29) is 5.41 Å². The van der Waals surface area contributed by atoms with E-state index in [1.54, 1.807) is 5.56 Å². The molecule has 3 atom stereocenters. The molecule has 0 aliphatic heterocycles. The zero-order valence-corrected chi connectivity index (χ0v) is 15.7. The molecule has 2 aromatic carbocycles. The fourth-order valence-electron chi connectivity index (χ4n) is 5.22. The van der Waals surface area contributed by atoms with Crippen LogP contribution in [0.5, 0.6) is 0 Å². The van der Waals surface area contributed by atoms with Crippen LogP contribution in [0.1, 0.15) is 61.3 Å². The summed E-state index contributed by atoms with van der Waals surface area (Å²) in [5, 5.41) is 2.76. The van der Waals surface area contributed by atoms with Crippen molar-refractivity contribution in [3.05, 3.63) is 71.8 Å². The van der Waals surface area contributed by atoms with Crippen LogP contribution in [0.4, 0.5) is 0 Å². The maximum Gasteiger partial charge on any atom is -0.00860 e. The van der Waals surface area contributed by atoms with Gasteiger partial charge in [-0.15, -0.1) is 6.58 Å². The van der Waals surface area contributed by atoms with Gasteiger partial charge in [0.05, 0.1) is 0 Å². The molecule has 2 aromatic rings. The van der Waals surface area contributed by atoms with Crippen LogP contribution in [-0.2, 0) is 0 Å². The van der Waals surface area contributed by atoms with Crippen molar-refractivity contribution >= 4 is 22.4 Å². The highest BCUT2D eigenvalue weighted by Crippen LogP contribution is 2.53. The van der Waals surface area contributed by atoms with Crippen LogP contribution in [0.3, 0.4) is 0 Å². The first kappa shape index (κ1) is 16.4. The first-order valence-corrected chi connectivity index (χ1v) is 9.48. The average Bonchev–Trinajstić information content (AvgIpc) is 2.61. The summed E-state index contributed by atoms with van der Waals surface area (Å²) in [5.41, 5.74) is 7.27. The Kier molecular flexibility index (Phi) is 3.76. The van der Waals surface area contributed by atoms with Crippen molar-refractivity contribution in [1.29, 1.82) is 0 Å². The van der Waals surface area contributed by atoms with Crippen molar-refractivity contribution in [1.82, 2.24) is 0 Å². The lowest BCUT2D eigenvalue weighted by molar-refractivity contribution is 0.213. The first-order chi connectivity index (χ1) is 11.9. The third-order valence-electron chi connectivity index (χ3n) is 6.60. The molecule has 0 aromatic heterocycles. The molecule has 1 saturated carbocycles. The average molecular weight is 328 g/mol. The van der Waals surface area contributed by atoms with Crippen LogP contribution in [0, 0.1) is 18.3 Å². The molecule has 0 saturated heterocycles. The Bertz CT molecular complexity index is 911. The monoisotopic (exact) mass is 328 g/mol. The highest BCUT2D eigenvalue weighted by molar-refractivity contribution is 5.99. The Morgan fingerprint density at radius 2 is 1.96 bits per heavy atom. The molecule has 4 rings (SSSR count). The molecule has 0 spiro atoms. The van der Waals surface area contributed by atoms with E-state index in [9.17, 15) is 0 Å². The second kappa shape index (κ2) is 5.73. The van der Waals surface area contributed by atoms with Gasteiger partial charge in [0.25, 0.3) is 0 Å². The van der Waals surface area contributed by atoms with E-state index in [1.165, 1.54) is 52.3 Å². The van der Waals surface area contributed by atoms with Gasteiger partial charge < -0.3 is 0 Å². The topological polar surface area (TPSA) is 0 Å². The summed E-state index contributed by atoms with van der Waals surface area (Å²) >= 11 is 0. The number of fused-ring (bicyclic) bond motifs is 5. The summed E-state index contributed by atoms with van der Waals surface area (Å²) in [7, 11) is 0. The molecule has 2 aliphatic rings. The Labute approximate surface area is 152 Å². The van der Waals surface area contributed by atoms with Gasteiger partial charge in [-0.25, -0.2) is 0 Å². The molecular weight excluding hydrogens is 300 g/mol.